The SMILES string of the molecule is CCCN(CC1CC1)C(=O)CCCc1nc2ccccc2s1. The molecule has 0 radical (unpaired) electrons. The molecule has 0 unspecified atom stereocenters. The fraction of sp³-hybridized carbons (Fsp3) is 0.556. The summed E-state index contributed by atoms with van der Waals surface area (Å²) < 4.78 is 1.24. The highest BCUT2D eigenvalue weighted by Gasteiger charge is 2.26. The standard InChI is InChI=1S/C18H24N2OS/c1-2-12-20(13-14-10-11-14)18(21)9-5-8-17-19-15-6-3-4-7-16(15)22-17/h3-4,6-7,14H,2,5,8-13H2,1H3. The van der Waals surface area contributed by atoms with Gasteiger partial charge in [-0.3, -0.25) is 4.79 Å². The van der Waals surface area contributed by atoms with E-state index in [1.165, 1.54) is 17.5 Å². The summed E-state index contributed by atoms with van der Waals surface area (Å²) in [5, 5.41) is 1.15. The minimum absolute atomic E-state index is 0.329. The van der Waals surface area contributed by atoms with E-state index in [4.69, 9.17) is 0 Å². The molecule has 1 heterocycles. The summed E-state index contributed by atoms with van der Waals surface area (Å²) >= 11 is 1.75. The Bertz CT molecular complexity index is 600. The topological polar surface area (TPSA) is 33.2 Å². The van der Waals surface area contributed by atoms with Gasteiger partial charge in [-0.15, -0.1) is 11.3 Å². The van der Waals surface area contributed by atoms with E-state index in [1.54, 1.807) is 11.3 Å². The minimum atomic E-state index is 0.329. The Hall–Kier alpha value is -1.42. The highest BCUT2D eigenvalue weighted by Crippen LogP contribution is 2.30. The van der Waals surface area contributed by atoms with Crippen molar-refractivity contribution >= 4 is 27.5 Å². The Morgan fingerprint density at radius 2 is 2.18 bits per heavy atom. The van der Waals surface area contributed by atoms with Gasteiger partial charge in [0.15, 0.2) is 0 Å². The third kappa shape index (κ3) is 4.07. The molecule has 1 fully saturated rings. The third-order valence-corrected chi connectivity index (χ3v) is 5.24. The number of thiazole rings is 1. The van der Waals surface area contributed by atoms with Crippen molar-refractivity contribution in [3.8, 4) is 0 Å². The lowest BCUT2D eigenvalue weighted by molar-refractivity contribution is -0.131. The smallest absolute Gasteiger partial charge is 0.222 e. The molecule has 0 aliphatic heterocycles. The van der Waals surface area contributed by atoms with Crippen molar-refractivity contribution in [3.05, 3.63) is 29.3 Å². The van der Waals surface area contributed by atoms with Crippen molar-refractivity contribution in [2.24, 2.45) is 5.92 Å². The molecule has 1 aromatic heterocycles. The summed E-state index contributed by atoms with van der Waals surface area (Å²) in [6.07, 6.45) is 6.13. The van der Waals surface area contributed by atoms with Crippen molar-refractivity contribution in [1.29, 1.82) is 0 Å². The molecule has 1 aliphatic rings. The number of para-hydroxylation sites is 1. The molecule has 1 aromatic carbocycles. The van der Waals surface area contributed by atoms with Crippen molar-refractivity contribution in [1.82, 2.24) is 9.88 Å². The fourth-order valence-corrected chi connectivity index (χ4v) is 3.78. The maximum atomic E-state index is 12.4. The zero-order chi connectivity index (χ0) is 15.4. The third-order valence-electron chi connectivity index (χ3n) is 4.14. The molecule has 1 aliphatic carbocycles. The molecule has 0 atom stereocenters. The maximum Gasteiger partial charge on any atom is 0.222 e. The van der Waals surface area contributed by atoms with Gasteiger partial charge >= 0.3 is 0 Å². The molecule has 4 heteroatoms. The van der Waals surface area contributed by atoms with Crippen LogP contribution in [0, 0.1) is 5.92 Å². The van der Waals surface area contributed by atoms with Gasteiger partial charge in [0.1, 0.15) is 0 Å². The predicted molar refractivity (Wildman–Crippen MR) is 92.2 cm³/mol. The fourth-order valence-electron chi connectivity index (χ4n) is 2.78. The monoisotopic (exact) mass is 316 g/mol. The number of carbonyl (C=O) groups excluding carboxylic acids is 1. The summed E-state index contributed by atoms with van der Waals surface area (Å²) in [5.41, 5.74) is 1.08. The van der Waals surface area contributed by atoms with E-state index in [1.807, 2.05) is 12.1 Å². The molecule has 3 rings (SSSR count). The lowest BCUT2D eigenvalue weighted by atomic mass is 10.2. The Morgan fingerprint density at radius 1 is 1.36 bits per heavy atom. The Morgan fingerprint density at radius 3 is 2.91 bits per heavy atom. The summed E-state index contributed by atoms with van der Waals surface area (Å²) in [6, 6.07) is 8.24. The summed E-state index contributed by atoms with van der Waals surface area (Å²) in [6.45, 7) is 4.04. The lowest BCUT2D eigenvalue weighted by Gasteiger charge is -2.22. The number of amides is 1. The molecule has 1 amide bonds. The van der Waals surface area contributed by atoms with E-state index in [-0.39, 0.29) is 0 Å². The van der Waals surface area contributed by atoms with Gasteiger partial charge in [-0.05, 0) is 50.2 Å². The number of hydrogen-bond donors (Lipinski definition) is 0. The number of benzene rings is 1. The van der Waals surface area contributed by atoms with E-state index < -0.39 is 0 Å². The largest absolute Gasteiger partial charge is 0.342 e. The van der Waals surface area contributed by atoms with Gasteiger partial charge in [0, 0.05) is 19.5 Å². The first-order valence-electron chi connectivity index (χ1n) is 8.38. The van der Waals surface area contributed by atoms with Gasteiger partial charge in [-0.1, -0.05) is 19.1 Å². The summed E-state index contributed by atoms with van der Waals surface area (Å²) in [7, 11) is 0. The Labute approximate surface area is 136 Å². The molecular weight excluding hydrogens is 292 g/mol. The quantitative estimate of drug-likeness (QED) is 0.729. The van der Waals surface area contributed by atoms with Crippen LogP contribution in [0.3, 0.4) is 0 Å². The molecule has 2 aromatic rings. The predicted octanol–water partition coefficient (Wildman–Crippen LogP) is 4.27. The highest BCUT2D eigenvalue weighted by molar-refractivity contribution is 7.18. The van der Waals surface area contributed by atoms with Crippen LogP contribution in [0.2, 0.25) is 0 Å². The number of carbonyl (C=O) groups is 1. The molecule has 0 spiro atoms. The van der Waals surface area contributed by atoms with Gasteiger partial charge in [0.05, 0.1) is 15.2 Å². The van der Waals surface area contributed by atoms with Gasteiger partial charge in [-0.2, -0.15) is 0 Å². The molecule has 118 valence electrons. The van der Waals surface area contributed by atoms with Crippen LogP contribution in [-0.2, 0) is 11.2 Å². The van der Waals surface area contributed by atoms with E-state index in [0.29, 0.717) is 12.3 Å². The number of rotatable bonds is 8. The number of fused-ring (bicyclic) bond motifs is 1. The maximum absolute atomic E-state index is 12.4. The van der Waals surface area contributed by atoms with Crippen LogP contribution >= 0.6 is 11.3 Å². The van der Waals surface area contributed by atoms with Gasteiger partial charge in [-0.25, -0.2) is 4.98 Å². The van der Waals surface area contributed by atoms with E-state index >= 15 is 0 Å². The Kier molecular flexibility index (Phi) is 5.08. The molecule has 0 saturated heterocycles. The second-order valence-corrected chi connectivity index (χ2v) is 7.33. The summed E-state index contributed by atoms with van der Waals surface area (Å²) in [5.74, 6) is 1.11. The zero-order valence-electron chi connectivity index (χ0n) is 13.3. The van der Waals surface area contributed by atoms with Crippen molar-refractivity contribution in [3.63, 3.8) is 0 Å². The Balaban J connectivity index is 1.49. The molecule has 1 saturated carbocycles. The van der Waals surface area contributed by atoms with Crippen LogP contribution in [0.25, 0.3) is 10.2 Å². The van der Waals surface area contributed by atoms with Crippen LogP contribution in [0.1, 0.15) is 44.0 Å². The summed E-state index contributed by atoms with van der Waals surface area (Å²) in [4.78, 5) is 19.1. The van der Waals surface area contributed by atoms with Crippen molar-refractivity contribution in [2.45, 2.75) is 45.4 Å². The number of aryl methyl sites for hydroxylation is 1. The minimum Gasteiger partial charge on any atom is -0.342 e. The average Bonchev–Trinajstić information content (AvgIpc) is 3.23. The number of aromatic nitrogens is 1. The first-order chi connectivity index (χ1) is 10.8. The molecule has 0 N–H and O–H groups in total. The van der Waals surface area contributed by atoms with Crippen molar-refractivity contribution < 1.29 is 4.79 Å². The molecule has 0 bridgehead atoms. The van der Waals surface area contributed by atoms with E-state index in [9.17, 15) is 4.79 Å². The average molecular weight is 316 g/mol. The van der Waals surface area contributed by atoms with Crippen LogP contribution in [-0.4, -0.2) is 28.9 Å². The second-order valence-electron chi connectivity index (χ2n) is 6.21. The normalized spacial score (nSPS) is 14.4. The second kappa shape index (κ2) is 7.23. The molecule has 3 nitrogen and oxygen atoms in total. The molecule has 22 heavy (non-hydrogen) atoms. The first kappa shape index (κ1) is 15.5. The van der Waals surface area contributed by atoms with Gasteiger partial charge in [0.25, 0.3) is 0 Å². The van der Waals surface area contributed by atoms with Gasteiger partial charge < -0.3 is 4.90 Å². The van der Waals surface area contributed by atoms with Crippen LogP contribution in [0.15, 0.2) is 24.3 Å². The first-order valence-corrected chi connectivity index (χ1v) is 9.20. The highest BCUT2D eigenvalue weighted by atomic mass is 32.1. The van der Waals surface area contributed by atoms with Crippen LogP contribution < -0.4 is 0 Å². The zero-order valence-corrected chi connectivity index (χ0v) is 14.1. The number of hydrogen-bond acceptors (Lipinski definition) is 3. The van der Waals surface area contributed by atoms with Gasteiger partial charge in [0.2, 0.25) is 5.91 Å². The van der Waals surface area contributed by atoms with Crippen LogP contribution in [0.5, 0.6) is 0 Å². The van der Waals surface area contributed by atoms with Crippen LogP contribution in [0.4, 0.5) is 0 Å². The van der Waals surface area contributed by atoms with E-state index in [0.717, 1.165) is 48.8 Å². The number of nitrogens with zero attached hydrogens (tertiary/aromatic N) is 2. The van der Waals surface area contributed by atoms with E-state index in [2.05, 4.69) is 28.9 Å². The lowest BCUT2D eigenvalue weighted by Crippen LogP contribution is -2.33. The molecular formula is C18H24N2OS. The van der Waals surface area contributed by atoms with Crippen molar-refractivity contribution in [2.75, 3.05) is 13.1 Å².